The summed E-state index contributed by atoms with van der Waals surface area (Å²) in [6.07, 6.45) is 0. The van der Waals surface area contributed by atoms with Crippen molar-refractivity contribution in [3.05, 3.63) is 51.3 Å². The van der Waals surface area contributed by atoms with E-state index in [2.05, 4.69) is 10.2 Å². The SMILES string of the molecule is Cc1ccc(N=Nc2c(C)c(C#N)c(O)n(C)c2=O)cc1. The first-order valence-electron chi connectivity index (χ1n) is 6.26. The molecule has 0 atom stereocenters. The van der Waals surface area contributed by atoms with Crippen LogP contribution in [-0.2, 0) is 7.05 Å². The molecule has 1 N–H and O–H groups in total. The Bertz CT molecular complexity index is 812. The van der Waals surface area contributed by atoms with Crippen LogP contribution in [0.3, 0.4) is 0 Å². The van der Waals surface area contributed by atoms with Crippen LogP contribution in [0, 0.1) is 25.2 Å². The summed E-state index contributed by atoms with van der Waals surface area (Å²) in [6.45, 7) is 3.52. The Morgan fingerprint density at radius 1 is 1.19 bits per heavy atom. The Morgan fingerprint density at radius 3 is 2.38 bits per heavy atom. The number of rotatable bonds is 2. The van der Waals surface area contributed by atoms with Gasteiger partial charge in [-0.2, -0.15) is 10.4 Å². The van der Waals surface area contributed by atoms with Gasteiger partial charge in [-0.15, -0.1) is 5.11 Å². The number of aromatic hydroxyl groups is 1. The van der Waals surface area contributed by atoms with Crippen LogP contribution in [0.1, 0.15) is 16.7 Å². The zero-order chi connectivity index (χ0) is 15.6. The number of aromatic nitrogens is 1. The molecule has 1 aromatic heterocycles. The zero-order valence-electron chi connectivity index (χ0n) is 12.0. The minimum absolute atomic E-state index is 0.0231. The number of aryl methyl sites for hydroxylation is 1. The number of nitriles is 1. The van der Waals surface area contributed by atoms with Gasteiger partial charge < -0.3 is 5.11 Å². The second-order valence-electron chi connectivity index (χ2n) is 4.68. The molecule has 0 spiro atoms. The number of hydrogen-bond acceptors (Lipinski definition) is 5. The molecule has 0 fully saturated rings. The van der Waals surface area contributed by atoms with Crippen LogP contribution < -0.4 is 5.56 Å². The van der Waals surface area contributed by atoms with Gasteiger partial charge in [0.1, 0.15) is 11.6 Å². The van der Waals surface area contributed by atoms with Crippen molar-refractivity contribution >= 4 is 11.4 Å². The van der Waals surface area contributed by atoms with Gasteiger partial charge in [0.05, 0.1) is 5.69 Å². The van der Waals surface area contributed by atoms with Crippen LogP contribution in [0.5, 0.6) is 5.88 Å². The highest BCUT2D eigenvalue weighted by atomic mass is 16.3. The third-order valence-corrected chi connectivity index (χ3v) is 3.19. The number of nitrogens with zero attached hydrogens (tertiary/aromatic N) is 4. The van der Waals surface area contributed by atoms with E-state index in [1.807, 2.05) is 25.1 Å². The van der Waals surface area contributed by atoms with Crippen LogP contribution in [-0.4, -0.2) is 9.67 Å². The Kier molecular flexibility index (Phi) is 3.85. The van der Waals surface area contributed by atoms with E-state index < -0.39 is 5.56 Å². The van der Waals surface area contributed by atoms with Gasteiger partial charge in [0.2, 0.25) is 5.88 Å². The van der Waals surface area contributed by atoms with E-state index in [-0.39, 0.29) is 17.1 Å². The van der Waals surface area contributed by atoms with Crippen LogP contribution in [0.4, 0.5) is 11.4 Å². The van der Waals surface area contributed by atoms with Gasteiger partial charge in [-0.05, 0) is 26.0 Å². The van der Waals surface area contributed by atoms with E-state index in [4.69, 9.17) is 5.26 Å². The molecule has 0 aliphatic heterocycles. The maximum atomic E-state index is 12.1. The molecular weight excluding hydrogens is 268 g/mol. The summed E-state index contributed by atoms with van der Waals surface area (Å²) in [5, 5.41) is 26.8. The lowest BCUT2D eigenvalue weighted by atomic mass is 10.1. The normalized spacial score (nSPS) is 10.8. The van der Waals surface area contributed by atoms with Crippen LogP contribution in [0.15, 0.2) is 39.3 Å². The van der Waals surface area contributed by atoms with E-state index in [1.165, 1.54) is 7.05 Å². The summed E-state index contributed by atoms with van der Waals surface area (Å²) >= 11 is 0. The van der Waals surface area contributed by atoms with Crippen LogP contribution >= 0.6 is 0 Å². The van der Waals surface area contributed by atoms with Crippen LogP contribution in [0.25, 0.3) is 0 Å². The number of azo groups is 1. The average molecular weight is 282 g/mol. The summed E-state index contributed by atoms with van der Waals surface area (Å²) < 4.78 is 0.981. The first-order valence-corrected chi connectivity index (χ1v) is 6.26. The smallest absolute Gasteiger partial charge is 0.281 e. The summed E-state index contributed by atoms with van der Waals surface area (Å²) in [5.41, 5.74) is 1.59. The summed E-state index contributed by atoms with van der Waals surface area (Å²) in [7, 11) is 1.38. The number of benzene rings is 1. The molecule has 1 heterocycles. The van der Waals surface area contributed by atoms with Gasteiger partial charge in [0, 0.05) is 12.6 Å². The van der Waals surface area contributed by atoms with E-state index in [0.717, 1.165) is 10.1 Å². The molecule has 0 aliphatic rings. The fraction of sp³-hybridized carbons (Fsp3) is 0.200. The molecule has 6 heteroatoms. The molecule has 106 valence electrons. The van der Waals surface area contributed by atoms with Crippen molar-refractivity contribution in [1.29, 1.82) is 5.26 Å². The van der Waals surface area contributed by atoms with Crippen molar-refractivity contribution in [2.75, 3.05) is 0 Å². The third kappa shape index (κ3) is 2.67. The monoisotopic (exact) mass is 282 g/mol. The molecule has 0 saturated carbocycles. The topological polar surface area (TPSA) is 90.7 Å². The highest BCUT2D eigenvalue weighted by Crippen LogP contribution is 2.26. The minimum atomic E-state index is -0.500. The molecular formula is C15H14N4O2. The number of pyridine rings is 1. The molecule has 0 bridgehead atoms. The van der Waals surface area contributed by atoms with Crippen molar-refractivity contribution in [3.8, 4) is 11.9 Å². The summed E-state index contributed by atoms with van der Waals surface area (Å²) in [4.78, 5) is 12.1. The van der Waals surface area contributed by atoms with E-state index in [0.29, 0.717) is 11.3 Å². The standard InChI is InChI=1S/C15H14N4O2/c1-9-4-6-11(7-5-9)17-18-13-10(2)12(8-16)14(20)19(3)15(13)21/h4-7,20H,1-3H3. The summed E-state index contributed by atoms with van der Waals surface area (Å²) in [6, 6.07) is 9.20. The highest BCUT2D eigenvalue weighted by Gasteiger charge is 2.16. The molecule has 0 amide bonds. The largest absolute Gasteiger partial charge is 0.493 e. The van der Waals surface area contributed by atoms with Gasteiger partial charge in [-0.1, -0.05) is 17.7 Å². The van der Waals surface area contributed by atoms with Gasteiger partial charge in [0.25, 0.3) is 5.56 Å². The first-order chi connectivity index (χ1) is 9.95. The molecule has 21 heavy (non-hydrogen) atoms. The highest BCUT2D eigenvalue weighted by molar-refractivity contribution is 5.56. The third-order valence-electron chi connectivity index (χ3n) is 3.19. The van der Waals surface area contributed by atoms with E-state index in [9.17, 15) is 9.90 Å². The fourth-order valence-corrected chi connectivity index (χ4v) is 1.84. The fourth-order valence-electron chi connectivity index (χ4n) is 1.84. The quantitative estimate of drug-likeness (QED) is 0.858. The van der Waals surface area contributed by atoms with Gasteiger partial charge >= 0.3 is 0 Å². The first kappa shape index (κ1) is 14.5. The van der Waals surface area contributed by atoms with Crippen molar-refractivity contribution in [1.82, 2.24) is 4.57 Å². The van der Waals surface area contributed by atoms with E-state index in [1.54, 1.807) is 19.1 Å². The number of hydrogen-bond donors (Lipinski definition) is 1. The lowest BCUT2D eigenvalue weighted by molar-refractivity contribution is 0.421. The molecule has 0 radical (unpaired) electrons. The molecule has 6 nitrogen and oxygen atoms in total. The molecule has 2 aromatic rings. The lowest BCUT2D eigenvalue weighted by Crippen LogP contribution is -2.18. The molecule has 0 saturated heterocycles. The van der Waals surface area contributed by atoms with Crippen molar-refractivity contribution in [2.24, 2.45) is 17.3 Å². The van der Waals surface area contributed by atoms with Gasteiger partial charge in [-0.25, -0.2) is 0 Å². The van der Waals surface area contributed by atoms with Crippen molar-refractivity contribution in [2.45, 2.75) is 13.8 Å². The predicted octanol–water partition coefficient (Wildman–Crippen LogP) is 2.99. The van der Waals surface area contributed by atoms with Gasteiger partial charge in [0.15, 0.2) is 5.69 Å². The lowest BCUT2D eigenvalue weighted by Gasteiger charge is -2.08. The Morgan fingerprint density at radius 2 is 1.81 bits per heavy atom. The maximum absolute atomic E-state index is 12.1. The van der Waals surface area contributed by atoms with Crippen LogP contribution in [0.2, 0.25) is 0 Å². The Hall–Kier alpha value is -2.94. The average Bonchev–Trinajstić information content (AvgIpc) is 2.47. The van der Waals surface area contributed by atoms with E-state index >= 15 is 0 Å². The molecule has 0 unspecified atom stereocenters. The van der Waals surface area contributed by atoms with Crippen molar-refractivity contribution in [3.63, 3.8) is 0 Å². The second-order valence-corrected chi connectivity index (χ2v) is 4.68. The molecule has 2 rings (SSSR count). The predicted molar refractivity (Wildman–Crippen MR) is 78.2 cm³/mol. The second kappa shape index (κ2) is 5.59. The molecule has 1 aromatic carbocycles. The Labute approximate surface area is 121 Å². The summed E-state index contributed by atoms with van der Waals surface area (Å²) in [5.74, 6) is -0.366. The zero-order valence-corrected chi connectivity index (χ0v) is 12.0. The van der Waals surface area contributed by atoms with Crippen molar-refractivity contribution < 1.29 is 5.11 Å². The maximum Gasteiger partial charge on any atom is 0.281 e. The Balaban J connectivity index is 2.55. The minimum Gasteiger partial charge on any atom is -0.493 e. The van der Waals surface area contributed by atoms with Gasteiger partial charge in [-0.3, -0.25) is 9.36 Å². The molecule has 0 aliphatic carbocycles.